The van der Waals surface area contributed by atoms with E-state index in [1.54, 1.807) is 12.4 Å². The third kappa shape index (κ3) is 3.01. The highest BCUT2D eigenvalue weighted by atomic mass is 79.9. The zero-order chi connectivity index (χ0) is 15.0. The molecule has 1 aromatic carbocycles. The van der Waals surface area contributed by atoms with Crippen molar-refractivity contribution in [1.82, 2.24) is 9.97 Å². The average molecular weight is 448 g/mol. The molecule has 0 aliphatic carbocycles. The molecular formula is C14H7Br2Cl2N3. The Labute approximate surface area is 148 Å². The first-order valence-corrected chi connectivity index (χ1v) is 8.21. The summed E-state index contributed by atoms with van der Waals surface area (Å²) >= 11 is 19.1. The molecule has 0 aliphatic heterocycles. The minimum Gasteiger partial charge on any atom is -0.352 e. The van der Waals surface area contributed by atoms with E-state index < -0.39 is 0 Å². The van der Waals surface area contributed by atoms with Crippen molar-refractivity contribution in [3.05, 3.63) is 55.6 Å². The molecule has 3 aromatic rings. The minimum absolute atomic E-state index is 0.452. The summed E-state index contributed by atoms with van der Waals surface area (Å²) in [6, 6.07) is 7.44. The second-order valence-corrected chi connectivity index (χ2v) is 6.75. The van der Waals surface area contributed by atoms with Crippen molar-refractivity contribution >= 4 is 77.5 Å². The molecule has 0 unspecified atom stereocenters. The normalized spacial score (nSPS) is 10.9. The van der Waals surface area contributed by atoms with Crippen molar-refractivity contribution in [1.29, 1.82) is 0 Å². The lowest BCUT2D eigenvalue weighted by molar-refractivity contribution is 1.32. The zero-order valence-electron chi connectivity index (χ0n) is 10.4. The molecule has 7 heteroatoms. The number of benzene rings is 1. The van der Waals surface area contributed by atoms with Gasteiger partial charge >= 0.3 is 0 Å². The first-order valence-electron chi connectivity index (χ1n) is 5.87. The summed E-state index contributed by atoms with van der Waals surface area (Å²) in [6.07, 6.45) is 3.44. The Kier molecular flexibility index (Phi) is 4.36. The fourth-order valence-electron chi connectivity index (χ4n) is 1.87. The van der Waals surface area contributed by atoms with Gasteiger partial charge in [0, 0.05) is 21.3 Å². The number of rotatable bonds is 2. The highest BCUT2D eigenvalue weighted by molar-refractivity contribution is 9.10. The Balaban J connectivity index is 2.08. The second kappa shape index (κ2) is 6.08. The topological polar surface area (TPSA) is 37.8 Å². The number of hydrogen-bond acceptors (Lipinski definition) is 3. The van der Waals surface area contributed by atoms with E-state index in [9.17, 15) is 0 Å². The summed E-state index contributed by atoms with van der Waals surface area (Å²) in [5.41, 5.74) is 3.07. The molecule has 0 atom stereocenters. The fourth-order valence-corrected chi connectivity index (χ4v) is 3.01. The van der Waals surface area contributed by atoms with E-state index in [1.165, 1.54) is 0 Å². The van der Waals surface area contributed by atoms with Crippen LogP contribution in [-0.4, -0.2) is 9.97 Å². The van der Waals surface area contributed by atoms with E-state index >= 15 is 0 Å². The maximum absolute atomic E-state index is 6.26. The number of pyridine rings is 2. The number of aromatic nitrogens is 2. The van der Waals surface area contributed by atoms with E-state index in [4.69, 9.17) is 23.2 Å². The minimum atomic E-state index is 0.452. The van der Waals surface area contributed by atoms with Crippen molar-refractivity contribution < 1.29 is 0 Å². The van der Waals surface area contributed by atoms with Gasteiger partial charge in [0.05, 0.1) is 26.9 Å². The van der Waals surface area contributed by atoms with E-state index in [0.717, 1.165) is 25.7 Å². The van der Waals surface area contributed by atoms with Gasteiger partial charge in [0.1, 0.15) is 5.52 Å². The lowest BCUT2D eigenvalue weighted by Crippen LogP contribution is -1.95. The maximum Gasteiger partial charge on any atom is 0.112 e. The molecule has 0 bridgehead atoms. The molecule has 21 heavy (non-hydrogen) atoms. The standard InChI is InChI=1S/C14H7Br2Cl2N3/c15-7-5-11-14(20-6-7)10(3-4-19-11)21-9-2-1-8(16)12(17)13(9)18/h1-6H,(H,19,21). The summed E-state index contributed by atoms with van der Waals surface area (Å²) in [5.74, 6) is 0. The Hall–Kier alpha value is -0.880. The summed E-state index contributed by atoms with van der Waals surface area (Å²) in [4.78, 5) is 8.69. The van der Waals surface area contributed by atoms with Gasteiger partial charge in [-0.1, -0.05) is 23.2 Å². The lowest BCUT2D eigenvalue weighted by atomic mass is 10.2. The van der Waals surface area contributed by atoms with Crippen molar-refractivity contribution in [3.63, 3.8) is 0 Å². The Morgan fingerprint density at radius 3 is 2.57 bits per heavy atom. The highest BCUT2D eigenvalue weighted by Crippen LogP contribution is 2.37. The van der Waals surface area contributed by atoms with E-state index in [-0.39, 0.29) is 0 Å². The maximum atomic E-state index is 6.26. The van der Waals surface area contributed by atoms with Gasteiger partial charge < -0.3 is 5.32 Å². The monoisotopic (exact) mass is 445 g/mol. The molecule has 3 nitrogen and oxygen atoms in total. The van der Waals surface area contributed by atoms with E-state index in [0.29, 0.717) is 15.7 Å². The molecule has 0 radical (unpaired) electrons. The van der Waals surface area contributed by atoms with Gasteiger partial charge in [-0.15, -0.1) is 0 Å². The van der Waals surface area contributed by atoms with Crippen LogP contribution < -0.4 is 5.32 Å². The predicted molar refractivity (Wildman–Crippen MR) is 94.7 cm³/mol. The average Bonchev–Trinajstić information content (AvgIpc) is 2.48. The van der Waals surface area contributed by atoms with Crippen LogP contribution >= 0.6 is 55.1 Å². The number of nitrogens with zero attached hydrogens (tertiary/aromatic N) is 2. The van der Waals surface area contributed by atoms with Gasteiger partial charge in [-0.3, -0.25) is 9.97 Å². The van der Waals surface area contributed by atoms with Crippen LogP contribution in [0.5, 0.6) is 0 Å². The number of hydrogen-bond donors (Lipinski definition) is 1. The van der Waals surface area contributed by atoms with Crippen molar-refractivity contribution in [2.24, 2.45) is 0 Å². The molecule has 0 saturated carbocycles. The largest absolute Gasteiger partial charge is 0.352 e. The number of nitrogens with one attached hydrogen (secondary N) is 1. The quantitative estimate of drug-likeness (QED) is 0.475. The summed E-state index contributed by atoms with van der Waals surface area (Å²) < 4.78 is 1.63. The fraction of sp³-hybridized carbons (Fsp3) is 0. The van der Waals surface area contributed by atoms with Crippen LogP contribution in [0.2, 0.25) is 10.0 Å². The molecular weight excluding hydrogens is 441 g/mol. The van der Waals surface area contributed by atoms with Crippen LogP contribution in [0.4, 0.5) is 11.4 Å². The van der Waals surface area contributed by atoms with Crippen LogP contribution in [0.15, 0.2) is 45.6 Å². The number of anilines is 2. The molecule has 0 fully saturated rings. The van der Waals surface area contributed by atoms with E-state index in [2.05, 4.69) is 47.1 Å². The SMILES string of the molecule is Clc1c(Br)ccc(Nc2ccnc3cc(Br)cnc23)c1Cl. The Morgan fingerprint density at radius 2 is 1.76 bits per heavy atom. The molecule has 2 heterocycles. The molecule has 0 aliphatic rings. The van der Waals surface area contributed by atoms with Crippen molar-refractivity contribution in [2.45, 2.75) is 0 Å². The Morgan fingerprint density at radius 1 is 0.952 bits per heavy atom. The second-order valence-electron chi connectivity index (χ2n) is 4.23. The predicted octanol–water partition coefficient (Wildman–Crippen LogP) is 6.21. The Bertz CT molecular complexity index is 840. The third-order valence-electron chi connectivity index (χ3n) is 2.85. The smallest absolute Gasteiger partial charge is 0.112 e. The van der Waals surface area contributed by atoms with Gasteiger partial charge in [-0.2, -0.15) is 0 Å². The summed E-state index contributed by atoms with van der Waals surface area (Å²) in [7, 11) is 0. The van der Waals surface area contributed by atoms with Crippen molar-refractivity contribution in [2.75, 3.05) is 5.32 Å². The van der Waals surface area contributed by atoms with Crippen LogP contribution in [0.3, 0.4) is 0 Å². The van der Waals surface area contributed by atoms with Crippen LogP contribution in [-0.2, 0) is 0 Å². The van der Waals surface area contributed by atoms with Crippen LogP contribution in [0, 0.1) is 0 Å². The number of fused-ring (bicyclic) bond motifs is 1. The molecule has 0 saturated heterocycles. The van der Waals surface area contributed by atoms with Gasteiger partial charge in [0.25, 0.3) is 0 Å². The first kappa shape index (κ1) is 15.0. The van der Waals surface area contributed by atoms with E-state index in [1.807, 2.05) is 24.3 Å². The molecule has 2 aromatic heterocycles. The lowest BCUT2D eigenvalue weighted by Gasteiger charge is -2.12. The zero-order valence-corrected chi connectivity index (χ0v) is 15.1. The molecule has 0 spiro atoms. The molecule has 0 amide bonds. The highest BCUT2D eigenvalue weighted by Gasteiger charge is 2.10. The molecule has 106 valence electrons. The van der Waals surface area contributed by atoms with Crippen LogP contribution in [0.25, 0.3) is 11.0 Å². The van der Waals surface area contributed by atoms with Gasteiger partial charge in [-0.05, 0) is 56.1 Å². The first-order chi connectivity index (χ1) is 10.1. The van der Waals surface area contributed by atoms with Gasteiger partial charge in [0.15, 0.2) is 0 Å². The molecule has 1 N–H and O–H groups in total. The van der Waals surface area contributed by atoms with Crippen molar-refractivity contribution in [3.8, 4) is 0 Å². The van der Waals surface area contributed by atoms with Gasteiger partial charge in [0.2, 0.25) is 0 Å². The third-order valence-corrected chi connectivity index (χ3v) is 5.05. The summed E-state index contributed by atoms with van der Waals surface area (Å²) in [6.45, 7) is 0. The summed E-state index contributed by atoms with van der Waals surface area (Å²) in [5, 5.41) is 4.17. The van der Waals surface area contributed by atoms with Crippen LogP contribution in [0.1, 0.15) is 0 Å². The number of halogens is 4. The van der Waals surface area contributed by atoms with Gasteiger partial charge in [-0.25, -0.2) is 0 Å². The molecule has 3 rings (SSSR count).